The summed E-state index contributed by atoms with van der Waals surface area (Å²) in [6, 6.07) is 5.16. The second kappa shape index (κ2) is 5.65. The molecular weight excluding hydrogens is 208 g/mol. The van der Waals surface area contributed by atoms with Crippen LogP contribution in [0.25, 0.3) is 0 Å². The number of rotatable bonds is 4. The van der Waals surface area contributed by atoms with Crippen molar-refractivity contribution in [3.8, 4) is 0 Å². The number of hydrogen-bond donors (Lipinski definition) is 1. The van der Waals surface area contributed by atoms with Crippen LogP contribution in [-0.4, -0.2) is 25.0 Å². The zero-order valence-corrected chi connectivity index (χ0v) is 12.0. The van der Waals surface area contributed by atoms with Gasteiger partial charge in [0.15, 0.2) is 0 Å². The SMILES string of the molecule is Cc1cc(C)c(C(CC(C)N)N(C)C)c(C)c1. The molecule has 0 aliphatic carbocycles. The Morgan fingerprint density at radius 3 is 1.94 bits per heavy atom. The number of nitrogens with zero attached hydrogens (tertiary/aromatic N) is 1. The van der Waals surface area contributed by atoms with Crippen LogP contribution < -0.4 is 5.73 Å². The molecule has 0 saturated carbocycles. The van der Waals surface area contributed by atoms with Crippen LogP contribution in [0.15, 0.2) is 12.1 Å². The van der Waals surface area contributed by atoms with Crippen LogP contribution in [0.5, 0.6) is 0 Å². The highest BCUT2D eigenvalue weighted by Crippen LogP contribution is 2.29. The molecule has 2 N–H and O–H groups in total. The van der Waals surface area contributed by atoms with Crippen molar-refractivity contribution in [2.75, 3.05) is 14.1 Å². The minimum Gasteiger partial charge on any atom is -0.328 e. The van der Waals surface area contributed by atoms with Gasteiger partial charge in [-0.2, -0.15) is 0 Å². The van der Waals surface area contributed by atoms with Crippen molar-refractivity contribution in [2.45, 2.75) is 46.2 Å². The van der Waals surface area contributed by atoms with E-state index in [-0.39, 0.29) is 6.04 Å². The fourth-order valence-electron chi connectivity index (χ4n) is 2.66. The first-order valence-corrected chi connectivity index (χ1v) is 6.32. The van der Waals surface area contributed by atoms with Crippen LogP contribution in [0, 0.1) is 20.8 Å². The lowest BCUT2D eigenvalue weighted by Gasteiger charge is -2.29. The first-order valence-electron chi connectivity index (χ1n) is 6.32. The molecular formula is C15H26N2. The van der Waals surface area contributed by atoms with Gasteiger partial charge in [0.25, 0.3) is 0 Å². The van der Waals surface area contributed by atoms with E-state index in [1.165, 1.54) is 22.3 Å². The van der Waals surface area contributed by atoms with E-state index in [0.29, 0.717) is 6.04 Å². The average Bonchev–Trinajstić information content (AvgIpc) is 2.13. The summed E-state index contributed by atoms with van der Waals surface area (Å²) in [4.78, 5) is 2.27. The number of hydrogen-bond acceptors (Lipinski definition) is 2. The minimum absolute atomic E-state index is 0.225. The van der Waals surface area contributed by atoms with Gasteiger partial charge in [-0.05, 0) is 64.9 Å². The normalized spacial score (nSPS) is 15.1. The van der Waals surface area contributed by atoms with Gasteiger partial charge in [-0.25, -0.2) is 0 Å². The molecule has 0 spiro atoms. The lowest BCUT2D eigenvalue weighted by atomic mass is 9.90. The maximum atomic E-state index is 5.97. The zero-order valence-electron chi connectivity index (χ0n) is 12.0. The summed E-state index contributed by atoms with van der Waals surface area (Å²) in [6.45, 7) is 8.63. The van der Waals surface area contributed by atoms with Crippen molar-refractivity contribution in [3.05, 3.63) is 34.4 Å². The molecule has 0 aliphatic rings. The quantitative estimate of drug-likeness (QED) is 0.868. The molecule has 0 saturated heterocycles. The van der Waals surface area contributed by atoms with E-state index in [2.05, 4.69) is 58.8 Å². The summed E-state index contributed by atoms with van der Waals surface area (Å²) in [5.74, 6) is 0. The molecule has 0 amide bonds. The Hall–Kier alpha value is -0.860. The highest BCUT2D eigenvalue weighted by atomic mass is 15.1. The van der Waals surface area contributed by atoms with Gasteiger partial charge in [-0.1, -0.05) is 17.7 Å². The lowest BCUT2D eigenvalue weighted by molar-refractivity contribution is 0.270. The average molecular weight is 234 g/mol. The van der Waals surface area contributed by atoms with Gasteiger partial charge in [0.1, 0.15) is 0 Å². The van der Waals surface area contributed by atoms with Crippen molar-refractivity contribution in [2.24, 2.45) is 5.73 Å². The first-order chi connectivity index (χ1) is 7.82. The molecule has 0 fully saturated rings. The molecule has 0 aromatic heterocycles. The van der Waals surface area contributed by atoms with Crippen LogP contribution in [0.2, 0.25) is 0 Å². The van der Waals surface area contributed by atoms with E-state index in [9.17, 15) is 0 Å². The maximum absolute atomic E-state index is 5.97. The summed E-state index contributed by atoms with van der Waals surface area (Å²) in [5.41, 5.74) is 11.5. The van der Waals surface area contributed by atoms with Crippen LogP contribution in [0.1, 0.15) is 41.6 Å². The van der Waals surface area contributed by atoms with E-state index in [4.69, 9.17) is 5.73 Å². The molecule has 0 aliphatic heterocycles. The van der Waals surface area contributed by atoms with Crippen LogP contribution in [0.3, 0.4) is 0 Å². The van der Waals surface area contributed by atoms with Gasteiger partial charge < -0.3 is 10.6 Å². The van der Waals surface area contributed by atoms with Crippen molar-refractivity contribution in [3.63, 3.8) is 0 Å². The summed E-state index contributed by atoms with van der Waals surface area (Å²) >= 11 is 0. The molecule has 2 atom stereocenters. The highest BCUT2D eigenvalue weighted by Gasteiger charge is 2.19. The molecule has 1 aromatic rings. The Bertz CT molecular complexity index is 358. The van der Waals surface area contributed by atoms with Gasteiger partial charge in [0.05, 0.1) is 0 Å². The highest BCUT2D eigenvalue weighted by molar-refractivity contribution is 5.39. The second-order valence-corrected chi connectivity index (χ2v) is 5.50. The van der Waals surface area contributed by atoms with Crippen molar-refractivity contribution in [1.29, 1.82) is 0 Å². The molecule has 2 unspecified atom stereocenters. The van der Waals surface area contributed by atoms with Gasteiger partial charge in [-0.3, -0.25) is 0 Å². The fourth-order valence-corrected chi connectivity index (χ4v) is 2.66. The molecule has 0 bridgehead atoms. The molecule has 96 valence electrons. The summed E-state index contributed by atoms with van der Waals surface area (Å²) in [5, 5.41) is 0. The Labute approximate surface area is 106 Å². The lowest BCUT2D eigenvalue weighted by Crippen LogP contribution is -2.28. The summed E-state index contributed by atoms with van der Waals surface area (Å²) < 4.78 is 0. The predicted molar refractivity (Wildman–Crippen MR) is 75.3 cm³/mol. The molecule has 1 rings (SSSR count). The van der Waals surface area contributed by atoms with E-state index >= 15 is 0 Å². The number of benzene rings is 1. The molecule has 0 radical (unpaired) electrons. The van der Waals surface area contributed by atoms with E-state index < -0.39 is 0 Å². The Balaban J connectivity index is 3.18. The molecule has 2 heteroatoms. The standard InChI is InChI=1S/C15H26N2/c1-10-7-11(2)15(12(3)8-10)14(17(5)6)9-13(4)16/h7-8,13-14H,9,16H2,1-6H3. The minimum atomic E-state index is 0.225. The topological polar surface area (TPSA) is 29.3 Å². The Kier molecular flexibility index (Phi) is 4.72. The molecule has 17 heavy (non-hydrogen) atoms. The largest absolute Gasteiger partial charge is 0.328 e. The van der Waals surface area contributed by atoms with Crippen molar-refractivity contribution in [1.82, 2.24) is 4.90 Å². The van der Waals surface area contributed by atoms with E-state index in [0.717, 1.165) is 6.42 Å². The van der Waals surface area contributed by atoms with E-state index in [1.54, 1.807) is 0 Å². The van der Waals surface area contributed by atoms with Crippen LogP contribution in [0.4, 0.5) is 0 Å². The Morgan fingerprint density at radius 1 is 1.12 bits per heavy atom. The summed E-state index contributed by atoms with van der Waals surface area (Å²) in [7, 11) is 4.26. The Morgan fingerprint density at radius 2 is 1.59 bits per heavy atom. The third-order valence-electron chi connectivity index (χ3n) is 3.29. The first kappa shape index (κ1) is 14.2. The van der Waals surface area contributed by atoms with Gasteiger partial charge in [-0.15, -0.1) is 0 Å². The number of aryl methyl sites for hydroxylation is 3. The van der Waals surface area contributed by atoms with Crippen LogP contribution >= 0.6 is 0 Å². The van der Waals surface area contributed by atoms with Gasteiger partial charge in [0.2, 0.25) is 0 Å². The predicted octanol–water partition coefficient (Wildman–Crippen LogP) is 2.95. The molecule has 1 aromatic carbocycles. The third kappa shape index (κ3) is 3.55. The second-order valence-electron chi connectivity index (χ2n) is 5.50. The van der Waals surface area contributed by atoms with Gasteiger partial charge in [0, 0.05) is 12.1 Å². The third-order valence-corrected chi connectivity index (χ3v) is 3.29. The van der Waals surface area contributed by atoms with Crippen molar-refractivity contribution < 1.29 is 0 Å². The van der Waals surface area contributed by atoms with Crippen LogP contribution in [-0.2, 0) is 0 Å². The molecule has 2 nitrogen and oxygen atoms in total. The maximum Gasteiger partial charge on any atom is 0.0361 e. The van der Waals surface area contributed by atoms with Crippen molar-refractivity contribution >= 4 is 0 Å². The summed E-state index contributed by atoms with van der Waals surface area (Å²) in [6.07, 6.45) is 0.998. The van der Waals surface area contributed by atoms with Gasteiger partial charge >= 0.3 is 0 Å². The number of nitrogens with two attached hydrogens (primary N) is 1. The van der Waals surface area contributed by atoms with E-state index in [1.807, 2.05) is 0 Å². The zero-order chi connectivity index (χ0) is 13.2. The molecule has 0 heterocycles. The smallest absolute Gasteiger partial charge is 0.0361 e. The fraction of sp³-hybridized carbons (Fsp3) is 0.600. The monoisotopic (exact) mass is 234 g/mol.